The molecule has 0 aliphatic carbocycles. The summed E-state index contributed by atoms with van der Waals surface area (Å²) in [5.41, 5.74) is 1.75. The van der Waals surface area contributed by atoms with Crippen molar-refractivity contribution >= 4 is 29.4 Å². The molecule has 0 saturated carbocycles. The topological polar surface area (TPSA) is 81.7 Å². The van der Waals surface area contributed by atoms with Crippen LogP contribution in [-0.4, -0.2) is 30.4 Å². The molecule has 2 rings (SSSR count). The maximum absolute atomic E-state index is 12.2. The predicted octanol–water partition coefficient (Wildman–Crippen LogP) is 3.87. The number of hydrogen-bond acceptors (Lipinski definition) is 5. The minimum absolute atomic E-state index is 0.102. The van der Waals surface area contributed by atoms with Crippen molar-refractivity contribution in [3.05, 3.63) is 65.7 Å². The number of ketones is 1. The zero-order valence-corrected chi connectivity index (χ0v) is 16.1. The van der Waals surface area contributed by atoms with Gasteiger partial charge in [-0.05, 0) is 56.7 Å². The Morgan fingerprint density at radius 3 is 2.46 bits per heavy atom. The van der Waals surface area contributed by atoms with Crippen LogP contribution < -0.4 is 10.1 Å². The van der Waals surface area contributed by atoms with Gasteiger partial charge in [0.15, 0.2) is 11.9 Å². The molecule has 0 aliphatic heterocycles. The van der Waals surface area contributed by atoms with E-state index in [0.29, 0.717) is 17.9 Å². The number of rotatable bonds is 8. The predicted molar refractivity (Wildman–Crippen MR) is 107 cm³/mol. The molecule has 146 valence electrons. The first-order chi connectivity index (χ1) is 13.4. The number of hydrogen-bond donors (Lipinski definition) is 1. The Bertz CT molecular complexity index is 871. The highest BCUT2D eigenvalue weighted by atomic mass is 16.5. The van der Waals surface area contributed by atoms with Crippen LogP contribution in [0.2, 0.25) is 0 Å². The monoisotopic (exact) mass is 381 g/mol. The second-order valence-electron chi connectivity index (χ2n) is 6.04. The third kappa shape index (κ3) is 6.39. The lowest BCUT2D eigenvalue weighted by Crippen LogP contribution is -2.29. The molecule has 0 spiro atoms. The Kier molecular flexibility index (Phi) is 7.51. The van der Waals surface area contributed by atoms with Crippen molar-refractivity contribution in [2.45, 2.75) is 26.9 Å². The molecule has 0 radical (unpaired) electrons. The van der Waals surface area contributed by atoms with E-state index >= 15 is 0 Å². The van der Waals surface area contributed by atoms with Gasteiger partial charge in [0.05, 0.1) is 6.61 Å². The Morgan fingerprint density at radius 1 is 1.11 bits per heavy atom. The van der Waals surface area contributed by atoms with Crippen molar-refractivity contribution in [2.75, 3.05) is 11.9 Å². The lowest BCUT2D eigenvalue weighted by Gasteiger charge is -2.12. The summed E-state index contributed by atoms with van der Waals surface area (Å²) >= 11 is 0. The molecule has 2 aromatic rings. The van der Waals surface area contributed by atoms with Crippen LogP contribution >= 0.6 is 0 Å². The van der Waals surface area contributed by atoms with Crippen LogP contribution in [0.25, 0.3) is 6.08 Å². The first-order valence-electron chi connectivity index (χ1n) is 8.92. The van der Waals surface area contributed by atoms with Crippen LogP contribution in [0.15, 0.2) is 54.6 Å². The molecule has 2 aromatic carbocycles. The van der Waals surface area contributed by atoms with Gasteiger partial charge in [0.25, 0.3) is 5.91 Å². The standard InChI is InChI=1S/C22H23NO5/c1-4-27-20-11-8-17(9-12-20)10-13-21(25)28-16(3)22(26)23-19-7-5-6-18(14-19)15(2)24/h5-14,16H,4H2,1-3H3,(H,23,26)/b13-10+. The van der Waals surface area contributed by atoms with Crippen LogP contribution in [0.5, 0.6) is 5.75 Å². The molecule has 0 aliphatic rings. The molecule has 0 fully saturated rings. The molecular formula is C22H23NO5. The number of nitrogens with one attached hydrogen (secondary N) is 1. The van der Waals surface area contributed by atoms with Gasteiger partial charge in [-0.2, -0.15) is 0 Å². The summed E-state index contributed by atoms with van der Waals surface area (Å²) in [6.07, 6.45) is 1.87. The molecule has 0 bridgehead atoms. The van der Waals surface area contributed by atoms with Gasteiger partial charge in [-0.15, -0.1) is 0 Å². The molecule has 0 saturated heterocycles. The zero-order valence-electron chi connectivity index (χ0n) is 16.1. The van der Waals surface area contributed by atoms with E-state index in [2.05, 4.69) is 5.32 Å². The molecule has 6 heteroatoms. The number of esters is 1. The highest BCUT2D eigenvalue weighted by Gasteiger charge is 2.17. The smallest absolute Gasteiger partial charge is 0.331 e. The van der Waals surface area contributed by atoms with E-state index < -0.39 is 18.0 Å². The summed E-state index contributed by atoms with van der Waals surface area (Å²) in [4.78, 5) is 35.5. The Hall–Kier alpha value is -3.41. The first kappa shape index (κ1) is 20.9. The molecular weight excluding hydrogens is 358 g/mol. The average Bonchev–Trinajstić information content (AvgIpc) is 2.67. The summed E-state index contributed by atoms with van der Waals surface area (Å²) < 4.78 is 10.5. The van der Waals surface area contributed by atoms with Gasteiger partial charge in [-0.3, -0.25) is 9.59 Å². The highest BCUT2D eigenvalue weighted by Crippen LogP contribution is 2.14. The van der Waals surface area contributed by atoms with Crippen molar-refractivity contribution in [2.24, 2.45) is 0 Å². The van der Waals surface area contributed by atoms with E-state index in [4.69, 9.17) is 9.47 Å². The number of anilines is 1. The summed E-state index contributed by atoms with van der Waals surface area (Å²) in [6.45, 7) is 5.41. The fourth-order valence-electron chi connectivity index (χ4n) is 2.33. The van der Waals surface area contributed by atoms with Crippen LogP contribution in [0.3, 0.4) is 0 Å². The van der Waals surface area contributed by atoms with Crippen LogP contribution in [0, 0.1) is 0 Å². The minimum atomic E-state index is -0.988. The Labute approximate surface area is 164 Å². The summed E-state index contributed by atoms with van der Waals surface area (Å²) in [7, 11) is 0. The van der Waals surface area contributed by atoms with Gasteiger partial charge in [0.2, 0.25) is 0 Å². The Morgan fingerprint density at radius 2 is 1.82 bits per heavy atom. The number of carbonyl (C=O) groups excluding carboxylic acids is 3. The van der Waals surface area contributed by atoms with Crippen LogP contribution in [-0.2, 0) is 14.3 Å². The number of ether oxygens (including phenoxy) is 2. The van der Waals surface area contributed by atoms with Gasteiger partial charge in [0, 0.05) is 17.3 Å². The average molecular weight is 381 g/mol. The van der Waals surface area contributed by atoms with Crippen molar-refractivity contribution in [1.82, 2.24) is 0 Å². The number of carbonyl (C=O) groups is 3. The van der Waals surface area contributed by atoms with Crippen molar-refractivity contribution in [1.29, 1.82) is 0 Å². The first-order valence-corrected chi connectivity index (χ1v) is 8.92. The molecule has 1 unspecified atom stereocenters. The molecule has 0 aromatic heterocycles. The number of amides is 1. The van der Waals surface area contributed by atoms with E-state index in [0.717, 1.165) is 11.3 Å². The number of benzene rings is 2. The minimum Gasteiger partial charge on any atom is -0.494 e. The lowest BCUT2D eigenvalue weighted by atomic mass is 10.1. The molecule has 1 atom stereocenters. The molecule has 0 heterocycles. The van der Waals surface area contributed by atoms with E-state index in [-0.39, 0.29) is 5.78 Å². The summed E-state index contributed by atoms with van der Waals surface area (Å²) in [5, 5.41) is 2.63. The SMILES string of the molecule is CCOc1ccc(/C=C/C(=O)OC(C)C(=O)Nc2cccc(C(C)=O)c2)cc1. The second kappa shape index (κ2) is 10.1. The molecule has 6 nitrogen and oxygen atoms in total. The second-order valence-corrected chi connectivity index (χ2v) is 6.04. The maximum atomic E-state index is 12.2. The normalized spacial score (nSPS) is 11.7. The van der Waals surface area contributed by atoms with E-state index in [9.17, 15) is 14.4 Å². The molecule has 1 amide bonds. The zero-order chi connectivity index (χ0) is 20.5. The van der Waals surface area contributed by atoms with Crippen LogP contribution in [0.4, 0.5) is 5.69 Å². The fourth-order valence-corrected chi connectivity index (χ4v) is 2.33. The van der Waals surface area contributed by atoms with Gasteiger partial charge in [-0.25, -0.2) is 4.79 Å². The van der Waals surface area contributed by atoms with E-state index in [1.54, 1.807) is 42.5 Å². The van der Waals surface area contributed by atoms with E-state index in [1.165, 1.54) is 19.9 Å². The van der Waals surface area contributed by atoms with Crippen molar-refractivity contribution in [3.63, 3.8) is 0 Å². The largest absolute Gasteiger partial charge is 0.494 e. The maximum Gasteiger partial charge on any atom is 0.331 e. The molecule has 1 N–H and O–H groups in total. The van der Waals surface area contributed by atoms with Gasteiger partial charge in [-0.1, -0.05) is 24.3 Å². The number of Topliss-reactive ketones (excluding diaryl/α,β-unsaturated/α-hetero) is 1. The molecule has 28 heavy (non-hydrogen) atoms. The van der Waals surface area contributed by atoms with Gasteiger partial charge in [0.1, 0.15) is 5.75 Å². The fraction of sp³-hybridized carbons (Fsp3) is 0.227. The third-order valence-electron chi connectivity index (χ3n) is 3.80. The highest BCUT2D eigenvalue weighted by molar-refractivity contribution is 5.99. The summed E-state index contributed by atoms with van der Waals surface area (Å²) in [5.74, 6) is -0.464. The van der Waals surface area contributed by atoms with Crippen molar-refractivity contribution in [3.8, 4) is 5.75 Å². The summed E-state index contributed by atoms with van der Waals surface area (Å²) in [6, 6.07) is 13.8. The third-order valence-corrected chi connectivity index (χ3v) is 3.80. The van der Waals surface area contributed by atoms with E-state index in [1.807, 2.05) is 19.1 Å². The lowest BCUT2D eigenvalue weighted by molar-refractivity contribution is -0.148. The van der Waals surface area contributed by atoms with Gasteiger partial charge < -0.3 is 14.8 Å². The van der Waals surface area contributed by atoms with Crippen LogP contribution in [0.1, 0.15) is 36.7 Å². The van der Waals surface area contributed by atoms with Crippen molar-refractivity contribution < 1.29 is 23.9 Å². The van der Waals surface area contributed by atoms with Gasteiger partial charge >= 0.3 is 5.97 Å². The Balaban J connectivity index is 1.89. The quantitative estimate of drug-likeness (QED) is 0.426.